The van der Waals surface area contributed by atoms with Crippen molar-refractivity contribution >= 4 is 17.7 Å². The van der Waals surface area contributed by atoms with Crippen LogP contribution in [-0.2, 0) is 14.4 Å². The summed E-state index contributed by atoms with van der Waals surface area (Å²) in [5, 5.41) is 7.70. The average molecular weight is 227 g/mol. The van der Waals surface area contributed by atoms with Crippen LogP contribution in [0.25, 0.3) is 0 Å². The molecular formula is C10H17N3O3. The van der Waals surface area contributed by atoms with E-state index in [9.17, 15) is 14.4 Å². The molecule has 0 radical (unpaired) electrons. The highest BCUT2D eigenvalue weighted by atomic mass is 16.2. The van der Waals surface area contributed by atoms with Crippen molar-refractivity contribution in [1.29, 1.82) is 0 Å². The quantitative estimate of drug-likeness (QED) is 0.564. The van der Waals surface area contributed by atoms with Gasteiger partial charge in [0.15, 0.2) is 0 Å². The Labute approximate surface area is 94.2 Å². The summed E-state index contributed by atoms with van der Waals surface area (Å²) in [6.45, 7) is 1.98. The third kappa shape index (κ3) is 3.22. The van der Waals surface area contributed by atoms with Crippen molar-refractivity contribution in [2.45, 2.75) is 25.8 Å². The lowest BCUT2D eigenvalue weighted by molar-refractivity contribution is -0.132. The SMILES string of the molecule is CNC(=O)C(C)NC(=O)C1CCC(=O)NC1. The maximum Gasteiger partial charge on any atom is 0.242 e. The predicted molar refractivity (Wildman–Crippen MR) is 57.4 cm³/mol. The highest BCUT2D eigenvalue weighted by Gasteiger charge is 2.26. The van der Waals surface area contributed by atoms with Crippen LogP contribution in [0.3, 0.4) is 0 Å². The summed E-state index contributed by atoms with van der Waals surface area (Å²) in [5.74, 6) is -0.669. The van der Waals surface area contributed by atoms with Gasteiger partial charge in [0.05, 0.1) is 5.92 Å². The van der Waals surface area contributed by atoms with Crippen LogP contribution in [0.1, 0.15) is 19.8 Å². The van der Waals surface area contributed by atoms with Gasteiger partial charge in [-0.1, -0.05) is 0 Å². The fourth-order valence-corrected chi connectivity index (χ4v) is 1.57. The van der Waals surface area contributed by atoms with E-state index < -0.39 is 6.04 Å². The zero-order valence-corrected chi connectivity index (χ0v) is 9.50. The van der Waals surface area contributed by atoms with E-state index in [4.69, 9.17) is 0 Å². The summed E-state index contributed by atoms with van der Waals surface area (Å²) in [5.41, 5.74) is 0. The normalized spacial score (nSPS) is 21.9. The minimum atomic E-state index is -0.546. The molecule has 1 saturated heterocycles. The Morgan fingerprint density at radius 2 is 2.19 bits per heavy atom. The maximum absolute atomic E-state index is 11.7. The molecule has 6 heteroatoms. The third-order valence-corrected chi connectivity index (χ3v) is 2.63. The monoisotopic (exact) mass is 227 g/mol. The second-order valence-corrected chi connectivity index (χ2v) is 3.88. The second-order valence-electron chi connectivity index (χ2n) is 3.88. The van der Waals surface area contributed by atoms with Crippen LogP contribution in [-0.4, -0.2) is 37.4 Å². The largest absolute Gasteiger partial charge is 0.357 e. The smallest absolute Gasteiger partial charge is 0.242 e. The van der Waals surface area contributed by atoms with Crippen LogP contribution in [0.4, 0.5) is 0 Å². The van der Waals surface area contributed by atoms with Gasteiger partial charge in [-0.25, -0.2) is 0 Å². The molecule has 3 amide bonds. The van der Waals surface area contributed by atoms with Crippen molar-refractivity contribution in [3.8, 4) is 0 Å². The molecular weight excluding hydrogens is 210 g/mol. The molecule has 16 heavy (non-hydrogen) atoms. The number of nitrogens with one attached hydrogen (secondary N) is 3. The molecule has 0 aromatic heterocycles. The van der Waals surface area contributed by atoms with Gasteiger partial charge in [-0.15, -0.1) is 0 Å². The molecule has 6 nitrogen and oxygen atoms in total. The summed E-state index contributed by atoms with van der Waals surface area (Å²) in [6.07, 6.45) is 0.907. The van der Waals surface area contributed by atoms with Gasteiger partial charge in [-0.05, 0) is 13.3 Å². The van der Waals surface area contributed by atoms with E-state index in [0.717, 1.165) is 0 Å². The molecule has 1 aliphatic rings. The highest BCUT2D eigenvalue weighted by molar-refractivity contribution is 5.89. The van der Waals surface area contributed by atoms with Gasteiger partial charge in [0.25, 0.3) is 0 Å². The maximum atomic E-state index is 11.7. The lowest BCUT2D eigenvalue weighted by atomic mass is 9.98. The molecule has 0 bridgehead atoms. The zero-order chi connectivity index (χ0) is 12.1. The van der Waals surface area contributed by atoms with Crippen molar-refractivity contribution < 1.29 is 14.4 Å². The summed E-state index contributed by atoms with van der Waals surface area (Å²) < 4.78 is 0. The molecule has 0 aliphatic carbocycles. The molecule has 1 fully saturated rings. The Hall–Kier alpha value is -1.59. The number of hydrogen-bond donors (Lipinski definition) is 3. The van der Waals surface area contributed by atoms with Crippen molar-refractivity contribution in [2.24, 2.45) is 5.92 Å². The molecule has 90 valence electrons. The fourth-order valence-electron chi connectivity index (χ4n) is 1.57. The number of carbonyl (C=O) groups is 3. The van der Waals surface area contributed by atoms with Gasteiger partial charge in [0, 0.05) is 20.0 Å². The number of piperidine rings is 1. The van der Waals surface area contributed by atoms with Crippen LogP contribution < -0.4 is 16.0 Å². The molecule has 0 aromatic carbocycles. The van der Waals surface area contributed by atoms with Gasteiger partial charge in [-0.3, -0.25) is 14.4 Å². The van der Waals surface area contributed by atoms with Crippen LogP contribution in [0, 0.1) is 5.92 Å². The van der Waals surface area contributed by atoms with E-state index in [1.165, 1.54) is 7.05 Å². The van der Waals surface area contributed by atoms with Gasteiger partial charge in [0.2, 0.25) is 17.7 Å². The first kappa shape index (κ1) is 12.5. The molecule has 0 spiro atoms. The topological polar surface area (TPSA) is 87.3 Å². The van der Waals surface area contributed by atoms with E-state index >= 15 is 0 Å². The molecule has 1 heterocycles. The van der Waals surface area contributed by atoms with Gasteiger partial charge < -0.3 is 16.0 Å². The van der Waals surface area contributed by atoms with E-state index in [2.05, 4.69) is 16.0 Å². The second kappa shape index (κ2) is 5.48. The van der Waals surface area contributed by atoms with Crippen molar-refractivity contribution in [1.82, 2.24) is 16.0 Å². The lowest BCUT2D eigenvalue weighted by Gasteiger charge is -2.23. The molecule has 1 aliphatic heterocycles. The summed E-state index contributed by atoms with van der Waals surface area (Å²) in [6, 6.07) is -0.546. The summed E-state index contributed by atoms with van der Waals surface area (Å²) in [7, 11) is 1.52. The number of rotatable bonds is 3. The van der Waals surface area contributed by atoms with Gasteiger partial charge >= 0.3 is 0 Å². The summed E-state index contributed by atoms with van der Waals surface area (Å²) >= 11 is 0. The van der Waals surface area contributed by atoms with Crippen LogP contribution >= 0.6 is 0 Å². The first-order valence-electron chi connectivity index (χ1n) is 5.33. The first-order chi connectivity index (χ1) is 7.54. The number of amides is 3. The van der Waals surface area contributed by atoms with E-state index in [0.29, 0.717) is 19.4 Å². The van der Waals surface area contributed by atoms with Crippen LogP contribution in [0.5, 0.6) is 0 Å². The van der Waals surface area contributed by atoms with E-state index in [-0.39, 0.29) is 23.6 Å². The lowest BCUT2D eigenvalue weighted by Crippen LogP contribution is -2.49. The molecule has 2 unspecified atom stereocenters. The van der Waals surface area contributed by atoms with E-state index in [1.807, 2.05) is 0 Å². The standard InChI is InChI=1S/C10H17N3O3/c1-6(9(15)11-2)13-10(16)7-3-4-8(14)12-5-7/h6-7H,3-5H2,1-2H3,(H,11,15)(H,12,14)(H,13,16). The highest BCUT2D eigenvalue weighted by Crippen LogP contribution is 2.10. The van der Waals surface area contributed by atoms with Gasteiger partial charge in [-0.2, -0.15) is 0 Å². The van der Waals surface area contributed by atoms with E-state index in [1.54, 1.807) is 6.92 Å². The average Bonchev–Trinajstić information content (AvgIpc) is 2.28. The molecule has 3 N–H and O–H groups in total. The number of hydrogen-bond acceptors (Lipinski definition) is 3. The van der Waals surface area contributed by atoms with Crippen LogP contribution in [0.2, 0.25) is 0 Å². The third-order valence-electron chi connectivity index (χ3n) is 2.63. The Morgan fingerprint density at radius 3 is 2.69 bits per heavy atom. The molecule has 0 aromatic rings. The minimum absolute atomic E-state index is 0.0246. The molecule has 2 atom stereocenters. The Kier molecular flexibility index (Phi) is 4.28. The van der Waals surface area contributed by atoms with Crippen LogP contribution in [0.15, 0.2) is 0 Å². The Morgan fingerprint density at radius 1 is 1.50 bits per heavy atom. The zero-order valence-electron chi connectivity index (χ0n) is 9.50. The number of likely N-dealkylation sites (N-methyl/N-ethyl adjacent to an activating group) is 1. The fraction of sp³-hybridized carbons (Fsp3) is 0.700. The minimum Gasteiger partial charge on any atom is -0.357 e. The first-order valence-corrected chi connectivity index (χ1v) is 5.33. The summed E-state index contributed by atoms with van der Waals surface area (Å²) in [4.78, 5) is 33.8. The molecule has 1 rings (SSSR count). The van der Waals surface area contributed by atoms with Crippen molar-refractivity contribution in [2.75, 3.05) is 13.6 Å². The number of carbonyl (C=O) groups excluding carboxylic acids is 3. The molecule has 0 saturated carbocycles. The predicted octanol–water partition coefficient (Wildman–Crippen LogP) is -1.24. The Bertz CT molecular complexity index is 294. The van der Waals surface area contributed by atoms with Crippen molar-refractivity contribution in [3.05, 3.63) is 0 Å². The van der Waals surface area contributed by atoms with Gasteiger partial charge in [0.1, 0.15) is 6.04 Å². The Balaban J connectivity index is 2.40. The van der Waals surface area contributed by atoms with Crippen molar-refractivity contribution in [3.63, 3.8) is 0 Å².